The lowest BCUT2D eigenvalue weighted by Crippen LogP contribution is -2.45. The van der Waals surface area contributed by atoms with Crippen LogP contribution in [0.15, 0.2) is 59.8 Å². The van der Waals surface area contributed by atoms with Gasteiger partial charge in [0.2, 0.25) is 0 Å². The van der Waals surface area contributed by atoms with E-state index in [9.17, 15) is 13.6 Å². The van der Waals surface area contributed by atoms with Gasteiger partial charge in [0.15, 0.2) is 5.11 Å². The molecule has 1 aliphatic rings. The van der Waals surface area contributed by atoms with E-state index in [2.05, 4.69) is 10.6 Å². The second-order valence-electron chi connectivity index (χ2n) is 5.77. The van der Waals surface area contributed by atoms with Crippen LogP contribution < -0.4 is 10.6 Å². The second kappa shape index (κ2) is 7.61. The van der Waals surface area contributed by atoms with Crippen LogP contribution in [0.4, 0.5) is 8.78 Å². The molecule has 0 saturated carbocycles. The maximum Gasteiger partial charge on any atom is 0.338 e. The molecule has 2 N–H and O–H groups in total. The molecular formula is C19H16F2N2O2S. The van der Waals surface area contributed by atoms with Crippen LogP contribution in [0.5, 0.6) is 0 Å². The number of rotatable bonds is 4. The van der Waals surface area contributed by atoms with E-state index in [1.807, 2.05) is 30.3 Å². The third kappa shape index (κ3) is 3.72. The zero-order valence-corrected chi connectivity index (χ0v) is 14.7. The predicted octanol–water partition coefficient (Wildman–Crippen LogP) is 3.50. The van der Waals surface area contributed by atoms with E-state index in [4.69, 9.17) is 17.0 Å². The van der Waals surface area contributed by atoms with Gasteiger partial charge in [-0.25, -0.2) is 13.6 Å². The van der Waals surface area contributed by atoms with Crippen molar-refractivity contribution in [2.75, 3.05) is 0 Å². The number of hydrogen-bond acceptors (Lipinski definition) is 3. The SMILES string of the molecule is CC1=C(C(=O)OCc2ccccc2)[C@@H](c2c(F)cccc2F)NC(=S)N1. The molecule has 3 rings (SSSR count). The van der Waals surface area contributed by atoms with Gasteiger partial charge in [-0.2, -0.15) is 0 Å². The summed E-state index contributed by atoms with van der Waals surface area (Å²) in [5.41, 5.74) is 1.00. The van der Waals surface area contributed by atoms with Gasteiger partial charge in [-0.05, 0) is 36.8 Å². The van der Waals surface area contributed by atoms with Gasteiger partial charge in [-0.1, -0.05) is 36.4 Å². The standard InChI is InChI=1S/C19H16F2N2O2S/c1-11-15(18(24)25-10-12-6-3-2-4-7-12)17(23-19(26)22-11)16-13(20)8-5-9-14(16)21/h2-9,17H,10H2,1H3,(H2,22,23,26)/t17-/m0/s1. The number of ether oxygens (including phenoxy) is 1. The van der Waals surface area contributed by atoms with Crippen molar-refractivity contribution in [1.82, 2.24) is 10.6 Å². The van der Waals surface area contributed by atoms with E-state index in [1.165, 1.54) is 6.07 Å². The Morgan fingerprint density at radius 2 is 1.77 bits per heavy atom. The van der Waals surface area contributed by atoms with Crippen molar-refractivity contribution in [3.8, 4) is 0 Å². The molecule has 0 fully saturated rings. The molecule has 0 saturated heterocycles. The van der Waals surface area contributed by atoms with E-state index in [0.717, 1.165) is 17.7 Å². The predicted molar refractivity (Wildman–Crippen MR) is 96.9 cm³/mol. The van der Waals surface area contributed by atoms with E-state index in [1.54, 1.807) is 6.92 Å². The number of nitrogens with one attached hydrogen (secondary N) is 2. The Balaban J connectivity index is 1.92. The Morgan fingerprint density at radius 1 is 1.12 bits per heavy atom. The molecule has 0 amide bonds. The van der Waals surface area contributed by atoms with Gasteiger partial charge in [0.1, 0.15) is 18.2 Å². The fourth-order valence-corrected chi connectivity index (χ4v) is 3.04. The summed E-state index contributed by atoms with van der Waals surface area (Å²) in [6.45, 7) is 1.66. The van der Waals surface area contributed by atoms with Crippen LogP contribution in [0.25, 0.3) is 0 Å². The number of benzene rings is 2. The number of thiocarbonyl (C=S) groups is 1. The number of carbonyl (C=O) groups is 1. The van der Waals surface area contributed by atoms with Crippen LogP contribution in [-0.4, -0.2) is 11.1 Å². The highest BCUT2D eigenvalue weighted by Gasteiger charge is 2.34. The first kappa shape index (κ1) is 18.0. The molecule has 0 spiro atoms. The number of halogens is 2. The van der Waals surface area contributed by atoms with Crippen molar-refractivity contribution in [2.45, 2.75) is 19.6 Å². The largest absolute Gasteiger partial charge is 0.457 e. The van der Waals surface area contributed by atoms with Crippen molar-refractivity contribution < 1.29 is 18.3 Å². The van der Waals surface area contributed by atoms with E-state index >= 15 is 0 Å². The molecule has 7 heteroatoms. The van der Waals surface area contributed by atoms with E-state index < -0.39 is 23.6 Å². The molecule has 2 aromatic rings. The Hall–Kier alpha value is -2.80. The van der Waals surface area contributed by atoms with Crippen LogP contribution in [0.1, 0.15) is 24.1 Å². The lowest BCUT2D eigenvalue weighted by atomic mass is 9.95. The highest BCUT2D eigenvalue weighted by molar-refractivity contribution is 7.80. The summed E-state index contributed by atoms with van der Waals surface area (Å²) in [6, 6.07) is 11.6. The summed E-state index contributed by atoms with van der Waals surface area (Å²) < 4.78 is 33.9. The van der Waals surface area contributed by atoms with Gasteiger partial charge in [0.05, 0.1) is 17.2 Å². The third-order valence-electron chi connectivity index (χ3n) is 3.99. The Kier molecular flexibility index (Phi) is 5.27. The topological polar surface area (TPSA) is 50.4 Å². The molecule has 1 heterocycles. The fourth-order valence-electron chi connectivity index (χ4n) is 2.77. The molecule has 0 aromatic heterocycles. The molecule has 26 heavy (non-hydrogen) atoms. The van der Waals surface area contributed by atoms with Crippen molar-refractivity contribution in [3.63, 3.8) is 0 Å². The number of esters is 1. The number of allylic oxidation sites excluding steroid dienone is 1. The zero-order valence-electron chi connectivity index (χ0n) is 13.9. The van der Waals surface area contributed by atoms with Crippen LogP contribution in [-0.2, 0) is 16.1 Å². The first-order valence-corrected chi connectivity index (χ1v) is 8.31. The normalized spacial score (nSPS) is 16.7. The minimum atomic E-state index is -1.08. The minimum Gasteiger partial charge on any atom is -0.457 e. The quantitative estimate of drug-likeness (QED) is 0.634. The average molecular weight is 374 g/mol. The fraction of sp³-hybridized carbons (Fsp3) is 0.158. The van der Waals surface area contributed by atoms with Gasteiger partial charge < -0.3 is 15.4 Å². The molecule has 1 atom stereocenters. The van der Waals surface area contributed by atoms with Gasteiger partial charge in [0, 0.05) is 5.70 Å². The summed E-state index contributed by atoms with van der Waals surface area (Å²) >= 11 is 5.07. The summed E-state index contributed by atoms with van der Waals surface area (Å²) in [5, 5.41) is 5.73. The van der Waals surface area contributed by atoms with E-state index in [0.29, 0.717) is 5.70 Å². The summed E-state index contributed by atoms with van der Waals surface area (Å²) in [7, 11) is 0. The summed E-state index contributed by atoms with van der Waals surface area (Å²) in [4.78, 5) is 12.6. The lowest BCUT2D eigenvalue weighted by molar-refractivity contribution is -0.140. The van der Waals surface area contributed by atoms with Crippen molar-refractivity contribution in [2.24, 2.45) is 0 Å². The average Bonchev–Trinajstić information content (AvgIpc) is 2.60. The lowest BCUT2D eigenvalue weighted by Gasteiger charge is -2.30. The maximum atomic E-state index is 14.3. The van der Waals surface area contributed by atoms with Crippen LogP contribution in [0, 0.1) is 11.6 Å². The molecule has 0 aliphatic carbocycles. The summed E-state index contributed by atoms with van der Waals surface area (Å²) in [6.07, 6.45) is 0. The van der Waals surface area contributed by atoms with Crippen molar-refractivity contribution >= 4 is 23.3 Å². The van der Waals surface area contributed by atoms with Gasteiger partial charge in [0.25, 0.3) is 0 Å². The third-order valence-corrected chi connectivity index (χ3v) is 4.21. The van der Waals surface area contributed by atoms with Gasteiger partial charge in [-0.15, -0.1) is 0 Å². The monoisotopic (exact) mass is 374 g/mol. The molecule has 0 bridgehead atoms. The number of carbonyl (C=O) groups excluding carboxylic acids is 1. The first-order valence-electron chi connectivity index (χ1n) is 7.90. The van der Waals surface area contributed by atoms with Gasteiger partial charge in [-0.3, -0.25) is 0 Å². The molecule has 2 aromatic carbocycles. The number of hydrogen-bond donors (Lipinski definition) is 2. The molecule has 1 aliphatic heterocycles. The van der Waals surface area contributed by atoms with E-state index in [-0.39, 0.29) is 22.9 Å². The highest BCUT2D eigenvalue weighted by Crippen LogP contribution is 2.31. The minimum absolute atomic E-state index is 0.0490. The van der Waals surface area contributed by atoms with Crippen LogP contribution >= 0.6 is 12.2 Å². The summed E-state index contributed by atoms with van der Waals surface area (Å²) in [5.74, 6) is -2.22. The Labute approximate surface area is 154 Å². The van der Waals surface area contributed by atoms with Crippen LogP contribution in [0.2, 0.25) is 0 Å². The smallest absolute Gasteiger partial charge is 0.338 e. The molecule has 134 valence electrons. The Bertz CT molecular complexity index is 864. The Morgan fingerprint density at radius 3 is 2.42 bits per heavy atom. The van der Waals surface area contributed by atoms with Crippen molar-refractivity contribution in [1.29, 1.82) is 0 Å². The van der Waals surface area contributed by atoms with Gasteiger partial charge >= 0.3 is 5.97 Å². The van der Waals surface area contributed by atoms with Crippen molar-refractivity contribution in [3.05, 3.63) is 82.6 Å². The van der Waals surface area contributed by atoms with Crippen LogP contribution in [0.3, 0.4) is 0 Å². The maximum absolute atomic E-state index is 14.3. The second-order valence-corrected chi connectivity index (χ2v) is 6.18. The first-order chi connectivity index (χ1) is 12.5. The highest BCUT2D eigenvalue weighted by atomic mass is 32.1. The zero-order chi connectivity index (χ0) is 18.7. The molecule has 0 radical (unpaired) electrons. The molecule has 4 nitrogen and oxygen atoms in total. The molecule has 0 unspecified atom stereocenters. The molecular weight excluding hydrogens is 358 g/mol.